The molecule has 2 fully saturated rings. The molecule has 24 heavy (non-hydrogen) atoms. The van der Waals surface area contributed by atoms with Crippen LogP contribution in [0.3, 0.4) is 0 Å². The van der Waals surface area contributed by atoms with Crippen molar-refractivity contribution < 1.29 is 14.4 Å². The van der Waals surface area contributed by atoms with Crippen LogP contribution >= 0.6 is 11.8 Å². The van der Waals surface area contributed by atoms with Gasteiger partial charge in [-0.3, -0.25) is 14.5 Å². The highest BCUT2D eigenvalue weighted by Gasteiger charge is 2.41. The minimum Gasteiger partial charge on any atom is -0.333 e. The van der Waals surface area contributed by atoms with Gasteiger partial charge >= 0.3 is 6.03 Å². The molecule has 2 aliphatic rings. The lowest BCUT2D eigenvalue weighted by Crippen LogP contribution is -2.55. The van der Waals surface area contributed by atoms with Crippen LogP contribution in [0.4, 0.5) is 15.3 Å². The Bertz CT molecular complexity index is 631. The van der Waals surface area contributed by atoms with E-state index in [1.54, 1.807) is 0 Å². The van der Waals surface area contributed by atoms with E-state index < -0.39 is 0 Å². The molecule has 1 aliphatic heterocycles. The van der Waals surface area contributed by atoms with Gasteiger partial charge in [-0.15, -0.1) is 0 Å². The van der Waals surface area contributed by atoms with Crippen LogP contribution in [0.2, 0.25) is 0 Å². The molecule has 4 amide bonds. The zero-order valence-corrected chi connectivity index (χ0v) is 14.4. The van der Waals surface area contributed by atoms with Crippen molar-refractivity contribution in [1.29, 1.82) is 0 Å². The van der Waals surface area contributed by atoms with E-state index in [4.69, 9.17) is 0 Å². The number of amides is 4. The van der Waals surface area contributed by atoms with Crippen LogP contribution < -0.4 is 10.6 Å². The number of benzene rings is 1. The first-order chi connectivity index (χ1) is 11.5. The van der Waals surface area contributed by atoms with Gasteiger partial charge in [0.25, 0.3) is 5.24 Å². The molecule has 1 saturated carbocycles. The summed E-state index contributed by atoms with van der Waals surface area (Å²) in [4.78, 5) is 37.6. The van der Waals surface area contributed by atoms with Crippen molar-refractivity contribution in [2.75, 3.05) is 11.1 Å². The van der Waals surface area contributed by atoms with Crippen molar-refractivity contribution in [2.45, 2.75) is 44.7 Å². The van der Waals surface area contributed by atoms with Crippen LogP contribution in [0, 0.1) is 6.92 Å². The fourth-order valence-electron chi connectivity index (χ4n) is 3.25. The summed E-state index contributed by atoms with van der Waals surface area (Å²) in [5.41, 5.74) is 1.84. The summed E-state index contributed by atoms with van der Waals surface area (Å²) in [7, 11) is 0. The molecular weight excluding hydrogens is 326 g/mol. The fourth-order valence-corrected chi connectivity index (χ4v) is 4.01. The number of aryl methyl sites for hydroxylation is 1. The molecule has 2 N–H and O–H groups in total. The standard InChI is InChI=1S/C17H21N3O3S/c1-11-6-8-12(9-7-11)18-16(22)19-13-4-2-3-5-14(13)20-15(21)10-24-17(20)23/h6-9,13-14H,2-5,10H2,1H3,(H2,18,19,22). The number of rotatable bonds is 3. The molecule has 1 aromatic carbocycles. The molecule has 2 atom stereocenters. The Kier molecular flexibility index (Phi) is 5.08. The molecule has 1 heterocycles. The highest BCUT2D eigenvalue weighted by molar-refractivity contribution is 8.14. The van der Waals surface area contributed by atoms with E-state index in [2.05, 4.69) is 10.6 Å². The highest BCUT2D eigenvalue weighted by atomic mass is 32.2. The average Bonchev–Trinajstić information content (AvgIpc) is 2.89. The number of carbonyl (C=O) groups excluding carboxylic acids is 3. The molecule has 1 aliphatic carbocycles. The molecule has 6 nitrogen and oxygen atoms in total. The average molecular weight is 347 g/mol. The fraction of sp³-hybridized carbons (Fsp3) is 0.471. The third-order valence-electron chi connectivity index (χ3n) is 4.47. The first-order valence-corrected chi connectivity index (χ1v) is 9.16. The van der Waals surface area contributed by atoms with E-state index in [1.807, 2.05) is 31.2 Å². The van der Waals surface area contributed by atoms with Crippen molar-refractivity contribution in [2.24, 2.45) is 0 Å². The largest absolute Gasteiger partial charge is 0.333 e. The summed E-state index contributed by atoms with van der Waals surface area (Å²) in [6.45, 7) is 1.98. The highest BCUT2D eigenvalue weighted by Crippen LogP contribution is 2.30. The first-order valence-electron chi connectivity index (χ1n) is 8.17. The molecule has 2 unspecified atom stereocenters. The SMILES string of the molecule is Cc1ccc(NC(=O)NC2CCCCC2N2C(=O)CSC2=O)cc1. The van der Waals surface area contributed by atoms with Gasteiger partial charge in [-0.05, 0) is 31.9 Å². The molecule has 1 aromatic rings. The maximum Gasteiger partial charge on any atom is 0.319 e. The summed E-state index contributed by atoms with van der Waals surface area (Å²) in [5, 5.41) is 5.55. The number of hydrogen-bond acceptors (Lipinski definition) is 4. The normalized spacial score (nSPS) is 24.1. The third kappa shape index (κ3) is 3.72. The van der Waals surface area contributed by atoms with E-state index in [9.17, 15) is 14.4 Å². The molecule has 3 rings (SSSR count). The lowest BCUT2D eigenvalue weighted by atomic mass is 9.89. The van der Waals surface area contributed by atoms with Crippen LogP contribution in [-0.4, -0.2) is 39.9 Å². The van der Waals surface area contributed by atoms with Crippen molar-refractivity contribution >= 4 is 34.6 Å². The Morgan fingerprint density at radius 1 is 1.17 bits per heavy atom. The smallest absolute Gasteiger partial charge is 0.319 e. The Hall–Kier alpha value is -2.02. The topological polar surface area (TPSA) is 78.5 Å². The van der Waals surface area contributed by atoms with Gasteiger partial charge in [0.05, 0.1) is 17.8 Å². The van der Waals surface area contributed by atoms with E-state index in [-0.39, 0.29) is 35.0 Å². The van der Waals surface area contributed by atoms with Gasteiger partial charge in [0, 0.05) is 5.69 Å². The van der Waals surface area contributed by atoms with Gasteiger partial charge in [0.15, 0.2) is 0 Å². The first kappa shape index (κ1) is 16.8. The summed E-state index contributed by atoms with van der Waals surface area (Å²) in [6.07, 6.45) is 3.46. The van der Waals surface area contributed by atoms with Crippen LogP contribution in [0.1, 0.15) is 31.2 Å². The monoisotopic (exact) mass is 347 g/mol. The van der Waals surface area contributed by atoms with E-state index in [0.717, 1.165) is 43.0 Å². The number of urea groups is 1. The van der Waals surface area contributed by atoms with E-state index in [1.165, 1.54) is 4.90 Å². The second kappa shape index (κ2) is 7.25. The third-order valence-corrected chi connectivity index (χ3v) is 5.31. The Morgan fingerprint density at radius 3 is 2.54 bits per heavy atom. The van der Waals surface area contributed by atoms with Crippen molar-refractivity contribution in [3.8, 4) is 0 Å². The minimum absolute atomic E-state index is 0.150. The predicted molar refractivity (Wildman–Crippen MR) is 94.1 cm³/mol. The van der Waals surface area contributed by atoms with Crippen LogP contribution in [-0.2, 0) is 4.79 Å². The predicted octanol–water partition coefficient (Wildman–Crippen LogP) is 3.12. The number of thioether (sulfide) groups is 1. The van der Waals surface area contributed by atoms with Gasteiger partial charge in [-0.2, -0.15) is 0 Å². The Labute approximate surface area is 145 Å². The zero-order chi connectivity index (χ0) is 17.1. The van der Waals surface area contributed by atoms with Crippen LogP contribution in [0.15, 0.2) is 24.3 Å². The lowest BCUT2D eigenvalue weighted by molar-refractivity contribution is -0.127. The minimum atomic E-state index is -0.303. The summed E-state index contributed by atoms with van der Waals surface area (Å²) in [6, 6.07) is 6.81. The molecule has 1 saturated heterocycles. The van der Waals surface area contributed by atoms with Gasteiger partial charge in [-0.1, -0.05) is 42.3 Å². The lowest BCUT2D eigenvalue weighted by Gasteiger charge is -2.36. The molecule has 0 spiro atoms. The molecule has 0 aromatic heterocycles. The number of anilines is 1. The number of imide groups is 1. The van der Waals surface area contributed by atoms with Gasteiger partial charge in [-0.25, -0.2) is 4.79 Å². The number of nitrogens with one attached hydrogen (secondary N) is 2. The molecule has 0 bridgehead atoms. The van der Waals surface area contributed by atoms with E-state index in [0.29, 0.717) is 5.69 Å². The van der Waals surface area contributed by atoms with Gasteiger partial charge in [0.2, 0.25) is 5.91 Å². The van der Waals surface area contributed by atoms with Crippen LogP contribution in [0.25, 0.3) is 0 Å². The summed E-state index contributed by atoms with van der Waals surface area (Å²) >= 11 is 1.04. The number of carbonyl (C=O) groups is 3. The van der Waals surface area contributed by atoms with Gasteiger partial charge in [0.1, 0.15) is 0 Å². The molecule has 7 heteroatoms. The second-order valence-corrected chi connectivity index (χ2v) is 7.17. The maximum absolute atomic E-state index is 12.3. The van der Waals surface area contributed by atoms with Crippen LogP contribution in [0.5, 0.6) is 0 Å². The van der Waals surface area contributed by atoms with Gasteiger partial charge < -0.3 is 10.6 Å². The summed E-state index contributed by atoms with van der Waals surface area (Å²) in [5.74, 6) is 0.0556. The maximum atomic E-state index is 12.3. The second-order valence-electron chi connectivity index (χ2n) is 6.24. The van der Waals surface area contributed by atoms with Crippen molar-refractivity contribution in [3.05, 3.63) is 29.8 Å². The quantitative estimate of drug-likeness (QED) is 0.880. The summed E-state index contributed by atoms with van der Waals surface area (Å²) < 4.78 is 0. The molecule has 128 valence electrons. The number of nitrogens with zero attached hydrogens (tertiary/aromatic N) is 1. The Balaban J connectivity index is 1.65. The molecular formula is C17H21N3O3S. The number of hydrogen-bond donors (Lipinski definition) is 2. The van der Waals surface area contributed by atoms with Crippen molar-refractivity contribution in [3.63, 3.8) is 0 Å². The zero-order valence-electron chi connectivity index (χ0n) is 13.6. The molecule has 0 radical (unpaired) electrons. The Morgan fingerprint density at radius 2 is 1.88 bits per heavy atom. The van der Waals surface area contributed by atoms with E-state index >= 15 is 0 Å². The van der Waals surface area contributed by atoms with Crippen molar-refractivity contribution in [1.82, 2.24) is 10.2 Å².